The number of rotatable bonds is 7. The molecule has 1 atom stereocenters. The second-order valence-corrected chi connectivity index (χ2v) is 7.22. The van der Waals surface area contributed by atoms with Gasteiger partial charge in [0, 0.05) is 13.8 Å². The van der Waals surface area contributed by atoms with Crippen molar-refractivity contribution in [2.45, 2.75) is 125 Å². The SMILES string of the molecule is C.C.C.C.CCCC(C)OC(C)=O.CCOC(=O)C(C)(C)C.CCOC(=O)OCC.CCOC(C)=O. The van der Waals surface area contributed by atoms with E-state index >= 15 is 0 Å². The molecule has 0 bridgehead atoms. The van der Waals surface area contributed by atoms with E-state index in [0.717, 1.165) is 12.8 Å². The van der Waals surface area contributed by atoms with E-state index in [1.54, 1.807) is 20.8 Å². The van der Waals surface area contributed by atoms with Crippen LogP contribution in [0.1, 0.15) is 119 Å². The second-order valence-electron chi connectivity index (χ2n) is 7.22. The van der Waals surface area contributed by atoms with Crippen LogP contribution in [0.25, 0.3) is 0 Å². The van der Waals surface area contributed by atoms with Crippen molar-refractivity contribution in [3.8, 4) is 0 Å². The van der Waals surface area contributed by atoms with Crippen LogP contribution in [-0.2, 0) is 38.1 Å². The lowest BCUT2D eigenvalue weighted by atomic mass is 9.97. The summed E-state index contributed by atoms with van der Waals surface area (Å²) >= 11 is 0. The Morgan fingerprint density at radius 1 is 0.639 bits per heavy atom. The van der Waals surface area contributed by atoms with Crippen LogP contribution in [0.4, 0.5) is 4.79 Å². The summed E-state index contributed by atoms with van der Waals surface area (Å²) in [6.07, 6.45) is 1.52. The Labute approximate surface area is 223 Å². The summed E-state index contributed by atoms with van der Waals surface area (Å²) in [5.41, 5.74) is -0.351. The molecule has 0 fully saturated rings. The molecule has 0 spiro atoms. The van der Waals surface area contributed by atoms with E-state index in [1.165, 1.54) is 13.8 Å². The minimum Gasteiger partial charge on any atom is -0.466 e. The third-order valence-electron chi connectivity index (χ3n) is 2.82. The minimum atomic E-state index is -0.588. The van der Waals surface area contributed by atoms with E-state index in [9.17, 15) is 19.2 Å². The molecule has 0 aromatic rings. The predicted octanol–water partition coefficient (Wildman–Crippen LogP) is 7.63. The van der Waals surface area contributed by atoms with Crippen LogP contribution in [0.5, 0.6) is 0 Å². The predicted molar refractivity (Wildman–Crippen MR) is 150 cm³/mol. The highest BCUT2D eigenvalue weighted by molar-refractivity contribution is 5.75. The van der Waals surface area contributed by atoms with Crippen LogP contribution in [0.3, 0.4) is 0 Å². The fourth-order valence-corrected chi connectivity index (χ4v) is 1.58. The molecular formula is C27H62O9. The summed E-state index contributed by atoms with van der Waals surface area (Å²) in [5, 5.41) is 0. The summed E-state index contributed by atoms with van der Waals surface area (Å²) in [6, 6.07) is 0. The summed E-state index contributed by atoms with van der Waals surface area (Å²) in [4.78, 5) is 41.2. The van der Waals surface area contributed by atoms with Gasteiger partial charge in [0.2, 0.25) is 0 Å². The molecule has 224 valence electrons. The molecule has 0 aliphatic carbocycles. The molecule has 0 N–H and O–H groups in total. The molecule has 0 saturated carbocycles. The monoisotopic (exact) mass is 530 g/mol. The first kappa shape index (κ1) is 54.5. The van der Waals surface area contributed by atoms with E-state index in [-0.39, 0.29) is 59.1 Å². The van der Waals surface area contributed by atoms with Gasteiger partial charge < -0.3 is 23.7 Å². The molecule has 0 heterocycles. The van der Waals surface area contributed by atoms with Gasteiger partial charge in [0.15, 0.2) is 0 Å². The molecule has 0 saturated heterocycles. The van der Waals surface area contributed by atoms with Crippen LogP contribution in [0.2, 0.25) is 0 Å². The molecule has 0 aliphatic heterocycles. The Kier molecular flexibility index (Phi) is 56.4. The van der Waals surface area contributed by atoms with E-state index < -0.39 is 6.16 Å². The van der Waals surface area contributed by atoms with Gasteiger partial charge in [-0.25, -0.2) is 4.79 Å². The number of ether oxygens (including phenoxy) is 5. The molecule has 36 heavy (non-hydrogen) atoms. The topological polar surface area (TPSA) is 114 Å². The third-order valence-corrected chi connectivity index (χ3v) is 2.82. The normalized spacial score (nSPS) is 9.08. The number of esters is 3. The van der Waals surface area contributed by atoms with Crippen LogP contribution in [-0.4, -0.2) is 56.6 Å². The van der Waals surface area contributed by atoms with Gasteiger partial charge in [-0.3, -0.25) is 14.4 Å². The zero-order valence-electron chi connectivity index (χ0n) is 22.0. The fourth-order valence-electron chi connectivity index (χ4n) is 1.58. The highest BCUT2D eigenvalue weighted by Crippen LogP contribution is 2.14. The average molecular weight is 531 g/mol. The van der Waals surface area contributed by atoms with Crippen LogP contribution >= 0.6 is 0 Å². The van der Waals surface area contributed by atoms with Crippen molar-refractivity contribution in [1.82, 2.24) is 0 Å². The van der Waals surface area contributed by atoms with Crippen molar-refractivity contribution >= 4 is 24.1 Å². The highest BCUT2D eigenvalue weighted by Gasteiger charge is 2.21. The lowest BCUT2D eigenvalue weighted by Gasteiger charge is -2.14. The van der Waals surface area contributed by atoms with Gasteiger partial charge in [0.1, 0.15) is 0 Å². The maximum atomic E-state index is 10.8. The molecule has 9 nitrogen and oxygen atoms in total. The summed E-state index contributed by atoms with van der Waals surface area (Å²) in [6.45, 7) is 21.1. The van der Waals surface area contributed by atoms with Crippen molar-refractivity contribution in [2.24, 2.45) is 5.41 Å². The van der Waals surface area contributed by atoms with Gasteiger partial charge in [-0.2, -0.15) is 0 Å². The molecule has 0 amide bonds. The van der Waals surface area contributed by atoms with Gasteiger partial charge in [0.05, 0.1) is 37.9 Å². The Morgan fingerprint density at radius 2 is 1.00 bits per heavy atom. The Morgan fingerprint density at radius 3 is 1.17 bits per heavy atom. The van der Waals surface area contributed by atoms with Gasteiger partial charge in [-0.1, -0.05) is 43.1 Å². The van der Waals surface area contributed by atoms with Gasteiger partial charge >= 0.3 is 24.1 Å². The zero-order chi connectivity index (χ0) is 26.2. The standard InChI is InChI=1S/2C7H14O2.C5H10O3.C4H8O2.4CH4/c1-5-9-6(8)7(2,3)4;1-4-5-6(2)9-7(3)8;1-3-7-5(6)8-4-2;1-3-6-4(2)5;;;;/h5H2,1-4H3;6H,4-5H2,1-3H3;3-4H2,1-2H3;3H2,1-2H3;4*1H4. The number of carbonyl (C=O) groups excluding carboxylic acids is 4. The van der Waals surface area contributed by atoms with Crippen LogP contribution < -0.4 is 0 Å². The molecule has 9 heteroatoms. The molecule has 0 rings (SSSR count). The fraction of sp³-hybridized carbons (Fsp3) is 0.852. The number of hydrogen-bond acceptors (Lipinski definition) is 9. The van der Waals surface area contributed by atoms with E-state index in [1.807, 2.05) is 34.6 Å². The molecular weight excluding hydrogens is 468 g/mol. The van der Waals surface area contributed by atoms with E-state index in [4.69, 9.17) is 9.47 Å². The lowest BCUT2D eigenvalue weighted by molar-refractivity contribution is -0.152. The molecule has 0 aromatic carbocycles. The molecule has 1 unspecified atom stereocenters. The largest absolute Gasteiger partial charge is 0.508 e. The summed E-state index contributed by atoms with van der Waals surface area (Å²) in [7, 11) is 0. The number of carbonyl (C=O) groups is 4. The number of hydrogen-bond donors (Lipinski definition) is 0. The molecule has 0 aromatic heterocycles. The quantitative estimate of drug-likeness (QED) is 0.242. The summed E-state index contributed by atoms with van der Waals surface area (Å²) in [5.74, 6) is -0.529. The van der Waals surface area contributed by atoms with Gasteiger partial charge in [-0.05, 0) is 61.8 Å². The summed E-state index contributed by atoms with van der Waals surface area (Å²) < 4.78 is 22.9. The first-order chi connectivity index (χ1) is 14.7. The van der Waals surface area contributed by atoms with Crippen LogP contribution in [0.15, 0.2) is 0 Å². The Balaban J connectivity index is -0.0000000471. The van der Waals surface area contributed by atoms with E-state index in [2.05, 4.69) is 21.1 Å². The maximum Gasteiger partial charge on any atom is 0.508 e. The average Bonchev–Trinajstić information content (AvgIpc) is 2.62. The molecule has 0 radical (unpaired) electrons. The van der Waals surface area contributed by atoms with Crippen molar-refractivity contribution in [3.05, 3.63) is 0 Å². The zero-order valence-corrected chi connectivity index (χ0v) is 22.0. The highest BCUT2D eigenvalue weighted by atomic mass is 16.7. The Hall–Kier alpha value is -2.32. The lowest BCUT2D eigenvalue weighted by Crippen LogP contribution is -2.22. The van der Waals surface area contributed by atoms with Gasteiger partial charge in [0.25, 0.3) is 0 Å². The second kappa shape index (κ2) is 37.2. The van der Waals surface area contributed by atoms with Crippen molar-refractivity contribution in [3.63, 3.8) is 0 Å². The first-order valence-electron chi connectivity index (χ1n) is 11.0. The van der Waals surface area contributed by atoms with Crippen LogP contribution in [0, 0.1) is 5.41 Å². The maximum absolute atomic E-state index is 10.8. The smallest absolute Gasteiger partial charge is 0.466 e. The van der Waals surface area contributed by atoms with E-state index in [0.29, 0.717) is 26.4 Å². The Bertz CT molecular complexity index is 476. The van der Waals surface area contributed by atoms with Crippen molar-refractivity contribution in [1.29, 1.82) is 0 Å². The first-order valence-corrected chi connectivity index (χ1v) is 11.0. The minimum absolute atomic E-state index is 0. The van der Waals surface area contributed by atoms with Crippen molar-refractivity contribution < 1.29 is 42.9 Å². The van der Waals surface area contributed by atoms with Gasteiger partial charge in [-0.15, -0.1) is 0 Å². The van der Waals surface area contributed by atoms with Crippen molar-refractivity contribution in [2.75, 3.05) is 26.4 Å². The third kappa shape index (κ3) is 58.0. The molecule has 0 aliphatic rings.